The molecule has 0 aromatic heterocycles. The Morgan fingerprint density at radius 3 is 2.73 bits per heavy atom. The number of aliphatic hydroxyl groups is 1. The predicted molar refractivity (Wildman–Crippen MR) is 101 cm³/mol. The Morgan fingerprint density at radius 1 is 1.19 bits per heavy atom. The Bertz CT molecular complexity index is 585. The molecule has 2 saturated heterocycles. The van der Waals surface area contributed by atoms with E-state index < -0.39 is 0 Å². The first-order valence-corrected chi connectivity index (χ1v) is 9.80. The van der Waals surface area contributed by atoms with Gasteiger partial charge in [-0.2, -0.15) is 0 Å². The normalized spacial score (nSPS) is 22.3. The summed E-state index contributed by atoms with van der Waals surface area (Å²) < 4.78 is 0. The molecule has 144 valence electrons. The zero-order valence-corrected chi connectivity index (χ0v) is 15.4. The van der Waals surface area contributed by atoms with Crippen LogP contribution in [-0.4, -0.2) is 71.9 Å². The van der Waals surface area contributed by atoms with Crippen molar-refractivity contribution < 1.29 is 15.0 Å². The molecular weight excluding hydrogens is 330 g/mol. The van der Waals surface area contributed by atoms with Gasteiger partial charge in [0.1, 0.15) is 5.75 Å². The minimum atomic E-state index is 0.0404. The fourth-order valence-electron chi connectivity index (χ4n) is 4.20. The average Bonchev–Trinajstić information content (AvgIpc) is 2.67. The number of amides is 2. The summed E-state index contributed by atoms with van der Waals surface area (Å²) in [7, 11) is 0. The summed E-state index contributed by atoms with van der Waals surface area (Å²) in [5.41, 5.74) is 1.16. The number of aromatic hydroxyl groups is 1. The molecule has 0 saturated carbocycles. The molecule has 2 aliphatic heterocycles. The Balaban J connectivity index is 1.41. The van der Waals surface area contributed by atoms with Crippen LogP contribution in [0.5, 0.6) is 5.75 Å². The number of phenols is 1. The number of nitrogens with one attached hydrogen (secondary N) is 1. The van der Waals surface area contributed by atoms with E-state index in [4.69, 9.17) is 5.11 Å². The van der Waals surface area contributed by atoms with Crippen molar-refractivity contribution in [2.45, 2.75) is 31.6 Å². The van der Waals surface area contributed by atoms with Crippen LogP contribution in [0.15, 0.2) is 24.3 Å². The topological polar surface area (TPSA) is 76.0 Å². The molecule has 3 rings (SSSR count). The Hall–Kier alpha value is -1.79. The summed E-state index contributed by atoms with van der Waals surface area (Å²) in [6.45, 7) is 5.17. The van der Waals surface area contributed by atoms with E-state index in [0.717, 1.165) is 64.0 Å². The molecular formula is C20H31N3O3. The van der Waals surface area contributed by atoms with Gasteiger partial charge in [0.2, 0.25) is 0 Å². The molecule has 0 unspecified atom stereocenters. The third kappa shape index (κ3) is 5.11. The van der Waals surface area contributed by atoms with E-state index in [1.54, 1.807) is 6.07 Å². The quantitative estimate of drug-likeness (QED) is 0.750. The smallest absolute Gasteiger partial charge is 0.317 e. The van der Waals surface area contributed by atoms with Crippen molar-refractivity contribution in [3.05, 3.63) is 29.8 Å². The number of hydrogen-bond donors (Lipinski definition) is 3. The van der Waals surface area contributed by atoms with Crippen LogP contribution in [0.3, 0.4) is 0 Å². The number of rotatable bonds is 5. The summed E-state index contributed by atoms with van der Waals surface area (Å²) in [4.78, 5) is 16.7. The fourth-order valence-corrected chi connectivity index (χ4v) is 4.20. The number of urea groups is 1. The third-order valence-electron chi connectivity index (χ3n) is 5.69. The maximum Gasteiger partial charge on any atom is 0.317 e. The van der Waals surface area contributed by atoms with Crippen LogP contribution >= 0.6 is 0 Å². The van der Waals surface area contributed by atoms with Crippen molar-refractivity contribution in [3.63, 3.8) is 0 Å². The molecule has 6 nitrogen and oxygen atoms in total. The Labute approximate surface area is 155 Å². The predicted octanol–water partition coefficient (Wildman–Crippen LogP) is 1.99. The van der Waals surface area contributed by atoms with Gasteiger partial charge in [0.15, 0.2) is 0 Å². The van der Waals surface area contributed by atoms with E-state index in [1.165, 1.54) is 0 Å². The standard InChI is InChI=1S/C20H31N3O3/c24-12-11-22-8-2-3-16(15-22)14-21-20(26)23-9-6-17(7-10-23)18-4-1-5-19(25)13-18/h1,4-5,13,16-17,24-25H,2-3,6-12,14-15H2,(H,21,26)/t16-/m1/s1. The van der Waals surface area contributed by atoms with Gasteiger partial charge in [0.25, 0.3) is 0 Å². The fraction of sp³-hybridized carbons (Fsp3) is 0.650. The number of β-amino-alcohol motifs (C(OH)–C–C–N with tert-alkyl or cyclic N) is 1. The van der Waals surface area contributed by atoms with Crippen LogP contribution < -0.4 is 5.32 Å². The van der Waals surface area contributed by atoms with E-state index in [2.05, 4.69) is 16.3 Å². The van der Waals surface area contributed by atoms with Crippen LogP contribution in [0.25, 0.3) is 0 Å². The summed E-state index contributed by atoms with van der Waals surface area (Å²) in [6, 6.07) is 7.51. The van der Waals surface area contributed by atoms with Crippen molar-refractivity contribution in [1.82, 2.24) is 15.1 Å². The third-order valence-corrected chi connectivity index (χ3v) is 5.69. The highest BCUT2D eigenvalue weighted by atomic mass is 16.3. The lowest BCUT2D eigenvalue weighted by Gasteiger charge is -2.34. The number of nitrogens with zero attached hydrogens (tertiary/aromatic N) is 2. The number of carbonyl (C=O) groups is 1. The van der Waals surface area contributed by atoms with Crippen molar-refractivity contribution in [3.8, 4) is 5.75 Å². The lowest BCUT2D eigenvalue weighted by molar-refractivity contribution is 0.136. The van der Waals surface area contributed by atoms with Crippen LogP contribution in [0.1, 0.15) is 37.2 Å². The zero-order valence-electron chi connectivity index (χ0n) is 15.4. The average molecular weight is 361 g/mol. The monoisotopic (exact) mass is 361 g/mol. The summed E-state index contributed by atoms with van der Waals surface area (Å²) >= 11 is 0. The van der Waals surface area contributed by atoms with Gasteiger partial charge >= 0.3 is 6.03 Å². The van der Waals surface area contributed by atoms with E-state index in [9.17, 15) is 9.90 Å². The van der Waals surface area contributed by atoms with Gasteiger partial charge in [-0.05, 0) is 61.8 Å². The number of benzene rings is 1. The lowest BCUT2D eigenvalue weighted by Crippen LogP contribution is -2.47. The molecule has 3 N–H and O–H groups in total. The molecule has 2 aliphatic rings. The van der Waals surface area contributed by atoms with Crippen molar-refractivity contribution in [2.24, 2.45) is 5.92 Å². The number of carbonyl (C=O) groups excluding carboxylic acids is 1. The highest BCUT2D eigenvalue weighted by Crippen LogP contribution is 2.29. The molecule has 0 bridgehead atoms. The SMILES string of the molecule is O=C(NC[C@H]1CCCN(CCO)C1)N1CCC(c2cccc(O)c2)CC1. The molecule has 0 radical (unpaired) electrons. The molecule has 2 heterocycles. The van der Waals surface area contributed by atoms with E-state index >= 15 is 0 Å². The second kappa shape index (κ2) is 9.24. The Kier molecular flexibility index (Phi) is 6.74. The second-order valence-corrected chi connectivity index (χ2v) is 7.57. The van der Waals surface area contributed by atoms with Gasteiger partial charge in [-0.15, -0.1) is 0 Å². The van der Waals surface area contributed by atoms with E-state index in [-0.39, 0.29) is 12.6 Å². The summed E-state index contributed by atoms with van der Waals surface area (Å²) in [5, 5.41) is 21.8. The number of aliphatic hydroxyl groups excluding tert-OH is 1. The highest BCUT2D eigenvalue weighted by Gasteiger charge is 2.25. The van der Waals surface area contributed by atoms with Gasteiger partial charge in [0.05, 0.1) is 6.61 Å². The van der Waals surface area contributed by atoms with Gasteiger partial charge in [-0.25, -0.2) is 4.79 Å². The molecule has 6 heteroatoms. The maximum atomic E-state index is 12.5. The summed E-state index contributed by atoms with van der Waals surface area (Å²) in [5.74, 6) is 1.20. The van der Waals surface area contributed by atoms with Gasteiger partial charge in [-0.1, -0.05) is 12.1 Å². The van der Waals surface area contributed by atoms with Crippen LogP contribution in [-0.2, 0) is 0 Å². The van der Waals surface area contributed by atoms with Gasteiger partial charge in [-0.3, -0.25) is 0 Å². The molecule has 1 atom stereocenters. The first-order chi connectivity index (χ1) is 12.7. The molecule has 26 heavy (non-hydrogen) atoms. The maximum absolute atomic E-state index is 12.5. The van der Waals surface area contributed by atoms with Gasteiger partial charge in [0, 0.05) is 32.7 Å². The minimum absolute atomic E-state index is 0.0404. The first kappa shape index (κ1) is 19.0. The lowest BCUT2D eigenvalue weighted by atomic mass is 9.89. The van der Waals surface area contributed by atoms with Crippen molar-refractivity contribution in [1.29, 1.82) is 0 Å². The molecule has 0 spiro atoms. The van der Waals surface area contributed by atoms with Crippen LogP contribution in [0.4, 0.5) is 4.79 Å². The highest BCUT2D eigenvalue weighted by molar-refractivity contribution is 5.74. The molecule has 1 aromatic carbocycles. The van der Waals surface area contributed by atoms with Crippen LogP contribution in [0, 0.1) is 5.92 Å². The molecule has 2 amide bonds. The van der Waals surface area contributed by atoms with Crippen molar-refractivity contribution >= 4 is 6.03 Å². The Morgan fingerprint density at radius 2 is 2.00 bits per heavy atom. The van der Waals surface area contributed by atoms with Crippen LogP contribution in [0.2, 0.25) is 0 Å². The first-order valence-electron chi connectivity index (χ1n) is 9.80. The molecule has 1 aromatic rings. The number of phenolic OH excluding ortho intramolecular Hbond substituents is 1. The van der Waals surface area contributed by atoms with E-state index in [1.807, 2.05) is 17.0 Å². The molecule has 0 aliphatic carbocycles. The second-order valence-electron chi connectivity index (χ2n) is 7.57. The van der Waals surface area contributed by atoms with Gasteiger partial charge < -0.3 is 25.3 Å². The summed E-state index contributed by atoms with van der Waals surface area (Å²) in [6.07, 6.45) is 4.15. The zero-order chi connectivity index (χ0) is 18.4. The number of likely N-dealkylation sites (tertiary alicyclic amines) is 2. The van der Waals surface area contributed by atoms with Crippen molar-refractivity contribution in [2.75, 3.05) is 45.9 Å². The minimum Gasteiger partial charge on any atom is -0.508 e. The number of piperidine rings is 2. The van der Waals surface area contributed by atoms with E-state index in [0.29, 0.717) is 24.1 Å². The molecule has 2 fully saturated rings. The number of hydrogen-bond acceptors (Lipinski definition) is 4. The largest absolute Gasteiger partial charge is 0.508 e.